The summed E-state index contributed by atoms with van der Waals surface area (Å²) in [5.74, 6) is 0.0307. The van der Waals surface area contributed by atoms with E-state index in [0.29, 0.717) is 5.92 Å². The van der Waals surface area contributed by atoms with Gasteiger partial charge < -0.3 is 14.6 Å². The number of hydrogen-bond donors (Lipinski definition) is 1. The normalized spacial score (nSPS) is 14.3. The van der Waals surface area contributed by atoms with Gasteiger partial charge in [0.05, 0.1) is 30.5 Å². The lowest BCUT2D eigenvalue weighted by Crippen LogP contribution is -2.33. The highest BCUT2D eigenvalue weighted by Gasteiger charge is 2.20. The summed E-state index contributed by atoms with van der Waals surface area (Å²) in [6.07, 6.45) is 4.71. The first-order chi connectivity index (χ1) is 10.1. The maximum Gasteiger partial charge on any atom is 0.141 e. The van der Waals surface area contributed by atoms with Gasteiger partial charge in [0, 0.05) is 18.7 Å². The SMILES string of the molecule is CNC(c1ccc(F)cn1)C(C)CN(C)Cc1ccoc1. The molecule has 2 rings (SSSR count). The van der Waals surface area contributed by atoms with E-state index in [1.165, 1.54) is 12.3 Å². The van der Waals surface area contributed by atoms with Gasteiger partial charge in [-0.05, 0) is 38.2 Å². The Morgan fingerprint density at radius 2 is 2.19 bits per heavy atom. The zero-order valence-corrected chi connectivity index (χ0v) is 12.7. The van der Waals surface area contributed by atoms with E-state index in [2.05, 4.69) is 29.2 Å². The van der Waals surface area contributed by atoms with Gasteiger partial charge in [-0.15, -0.1) is 0 Å². The summed E-state index contributed by atoms with van der Waals surface area (Å²) in [7, 11) is 3.98. The first kappa shape index (κ1) is 15.7. The summed E-state index contributed by atoms with van der Waals surface area (Å²) in [6.45, 7) is 3.90. The van der Waals surface area contributed by atoms with Crippen LogP contribution in [-0.2, 0) is 6.54 Å². The fourth-order valence-corrected chi connectivity index (χ4v) is 2.65. The van der Waals surface area contributed by atoms with Crippen molar-refractivity contribution in [1.29, 1.82) is 0 Å². The van der Waals surface area contributed by atoms with Crippen LogP contribution in [0.25, 0.3) is 0 Å². The van der Waals surface area contributed by atoms with Gasteiger partial charge in [0.25, 0.3) is 0 Å². The molecular weight excluding hydrogens is 269 g/mol. The Morgan fingerprint density at radius 1 is 1.38 bits per heavy atom. The third-order valence-corrected chi connectivity index (χ3v) is 3.58. The topological polar surface area (TPSA) is 41.3 Å². The fourth-order valence-electron chi connectivity index (χ4n) is 2.65. The molecule has 0 aromatic carbocycles. The van der Waals surface area contributed by atoms with Crippen LogP contribution in [0.15, 0.2) is 41.3 Å². The zero-order valence-electron chi connectivity index (χ0n) is 12.7. The van der Waals surface area contributed by atoms with Crippen LogP contribution in [0.4, 0.5) is 4.39 Å². The highest BCUT2D eigenvalue weighted by atomic mass is 19.1. The van der Waals surface area contributed by atoms with Crippen LogP contribution in [0, 0.1) is 11.7 Å². The van der Waals surface area contributed by atoms with E-state index in [-0.39, 0.29) is 11.9 Å². The molecule has 0 amide bonds. The Labute approximate surface area is 125 Å². The van der Waals surface area contributed by atoms with E-state index in [4.69, 9.17) is 4.42 Å². The second kappa shape index (κ2) is 7.33. The summed E-state index contributed by atoms with van der Waals surface area (Å²) in [6, 6.07) is 5.26. The third kappa shape index (κ3) is 4.37. The van der Waals surface area contributed by atoms with Crippen molar-refractivity contribution in [1.82, 2.24) is 15.2 Å². The fraction of sp³-hybridized carbons (Fsp3) is 0.438. The molecule has 0 aliphatic carbocycles. The van der Waals surface area contributed by atoms with Gasteiger partial charge in [0.2, 0.25) is 0 Å². The number of halogens is 1. The van der Waals surface area contributed by atoms with Gasteiger partial charge in [-0.1, -0.05) is 6.92 Å². The van der Waals surface area contributed by atoms with Crippen molar-refractivity contribution in [3.8, 4) is 0 Å². The Balaban J connectivity index is 1.96. The number of rotatable bonds is 7. The molecule has 2 unspecified atom stereocenters. The molecule has 4 nitrogen and oxygen atoms in total. The minimum absolute atomic E-state index is 0.0948. The molecule has 2 heterocycles. The molecule has 0 fully saturated rings. The zero-order chi connectivity index (χ0) is 15.2. The Morgan fingerprint density at radius 3 is 2.76 bits per heavy atom. The van der Waals surface area contributed by atoms with E-state index in [1.54, 1.807) is 18.6 Å². The van der Waals surface area contributed by atoms with Crippen molar-refractivity contribution >= 4 is 0 Å². The van der Waals surface area contributed by atoms with Crippen LogP contribution in [0.5, 0.6) is 0 Å². The third-order valence-electron chi connectivity index (χ3n) is 3.58. The quantitative estimate of drug-likeness (QED) is 0.851. The molecule has 21 heavy (non-hydrogen) atoms. The molecule has 1 N–H and O–H groups in total. The van der Waals surface area contributed by atoms with Crippen LogP contribution in [0.1, 0.15) is 24.2 Å². The van der Waals surface area contributed by atoms with Crippen molar-refractivity contribution < 1.29 is 8.81 Å². The summed E-state index contributed by atoms with van der Waals surface area (Å²) >= 11 is 0. The molecule has 5 heteroatoms. The molecule has 0 radical (unpaired) electrons. The molecule has 114 valence electrons. The minimum atomic E-state index is -0.307. The Hall–Kier alpha value is -1.72. The van der Waals surface area contributed by atoms with Gasteiger partial charge >= 0.3 is 0 Å². The first-order valence-corrected chi connectivity index (χ1v) is 7.08. The number of furan rings is 1. The smallest absolute Gasteiger partial charge is 0.141 e. The summed E-state index contributed by atoms with van der Waals surface area (Å²) in [4.78, 5) is 6.42. The van der Waals surface area contributed by atoms with E-state index in [0.717, 1.165) is 24.3 Å². The molecule has 0 saturated heterocycles. The lowest BCUT2D eigenvalue weighted by atomic mass is 9.97. The number of hydrogen-bond acceptors (Lipinski definition) is 4. The summed E-state index contributed by atoms with van der Waals surface area (Å²) in [5, 5.41) is 3.27. The first-order valence-electron chi connectivity index (χ1n) is 7.08. The molecule has 0 aliphatic heterocycles. The van der Waals surface area contributed by atoms with Gasteiger partial charge in [0.1, 0.15) is 5.82 Å². The van der Waals surface area contributed by atoms with Crippen molar-refractivity contribution in [2.75, 3.05) is 20.6 Å². The average Bonchev–Trinajstić information content (AvgIpc) is 2.94. The van der Waals surface area contributed by atoms with Crippen molar-refractivity contribution in [3.63, 3.8) is 0 Å². The van der Waals surface area contributed by atoms with E-state index < -0.39 is 0 Å². The van der Waals surface area contributed by atoms with Crippen LogP contribution < -0.4 is 5.32 Å². The van der Waals surface area contributed by atoms with Crippen LogP contribution >= 0.6 is 0 Å². The molecule has 2 aromatic rings. The van der Waals surface area contributed by atoms with Crippen molar-refractivity contribution in [2.24, 2.45) is 5.92 Å². The molecule has 0 bridgehead atoms. The van der Waals surface area contributed by atoms with Gasteiger partial charge in [-0.3, -0.25) is 4.98 Å². The molecule has 0 spiro atoms. The molecule has 2 aromatic heterocycles. The number of nitrogens with one attached hydrogen (secondary N) is 1. The van der Waals surface area contributed by atoms with Gasteiger partial charge in [-0.25, -0.2) is 4.39 Å². The van der Waals surface area contributed by atoms with E-state index >= 15 is 0 Å². The average molecular weight is 291 g/mol. The lowest BCUT2D eigenvalue weighted by molar-refractivity contribution is 0.243. The van der Waals surface area contributed by atoms with Crippen LogP contribution in [0.3, 0.4) is 0 Å². The molecular formula is C16H22FN3O. The van der Waals surface area contributed by atoms with Crippen LogP contribution in [0.2, 0.25) is 0 Å². The highest BCUT2D eigenvalue weighted by Crippen LogP contribution is 2.21. The minimum Gasteiger partial charge on any atom is -0.472 e. The van der Waals surface area contributed by atoms with Gasteiger partial charge in [0.15, 0.2) is 0 Å². The predicted octanol–water partition coefficient (Wildman–Crippen LogP) is 2.84. The number of nitrogens with zero attached hydrogens (tertiary/aromatic N) is 2. The molecule has 0 aliphatic rings. The highest BCUT2D eigenvalue weighted by molar-refractivity contribution is 5.11. The lowest BCUT2D eigenvalue weighted by Gasteiger charge is -2.27. The summed E-state index contributed by atoms with van der Waals surface area (Å²) in [5.41, 5.74) is 2.02. The van der Waals surface area contributed by atoms with Crippen LogP contribution in [-0.4, -0.2) is 30.5 Å². The molecule has 0 saturated carbocycles. The largest absolute Gasteiger partial charge is 0.472 e. The second-order valence-electron chi connectivity index (χ2n) is 5.47. The van der Waals surface area contributed by atoms with E-state index in [1.807, 2.05) is 13.1 Å². The number of aromatic nitrogens is 1. The maximum absolute atomic E-state index is 13.0. The summed E-state index contributed by atoms with van der Waals surface area (Å²) < 4.78 is 18.1. The van der Waals surface area contributed by atoms with E-state index in [9.17, 15) is 4.39 Å². The monoisotopic (exact) mass is 291 g/mol. The van der Waals surface area contributed by atoms with Crippen molar-refractivity contribution in [3.05, 3.63) is 54.0 Å². The standard InChI is InChI=1S/C16H22FN3O/c1-12(9-20(3)10-13-6-7-21-11-13)16(18-2)15-5-4-14(17)8-19-15/h4-8,11-12,16,18H,9-10H2,1-3H3. The van der Waals surface area contributed by atoms with Gasteiger partial charge in [-0.2, -0.15) is 0 Å². The predicted molar refractivity (Wildman–Crippen MR) is 80.2 cm³/mol. The maximum atomic E-state index is 13.0. The number of pyridine rings is 1. The van der Waals surface area contributed by atoms with Crippen molar-refractivity contribution in [2.45, 2.75) is 19.5 Å². The molecule has 2 atom stereocenters. The Bertz CT molecular complexity index is 527. The second-order valence-corrected chi connectivity index (χ2v) is 5.47. The Kier molecular flexibility index (Phi) is 5.47.